The molecule has 4 atom stereocenters. The Kier molecular flexibility index (Phi) is 14.3. The van der Waals surface area contributed by atoms with E-state index in [9.17, 15) is 29.1 Å². The first kappa shape index (κ1) is 29.6. The number of hydrogen-bond donors (Lipinski definition) is 8. The number of thiol groups is 1. The molecule has 0 heterocycles. The van der Waals surface area contributed by atoms with E-state index in [0.29, 0.717) is 25.8 Å². The third-order valence-electron chi connectivity index (χ3n) is 4.48. The number of primary amides is 1. The van der Waals surface area contributed by atoms with Crippen molar-refractivity contribution in [3.8, 4) is 0 Å². The molecular weight excluding hydrogens is 440 g/mol. The fourth-order valence-electron chi connectivity index (χ4n) is 2.76. The normalized spacial score (nSPS) is 14.7. The smallest absolute Gasteiger partial charge is 0.326 e. The summed E-state index contributed by atoms with van der Waals surface area (Å²) >= 11 is 4.03. The van der Waals surface area contributed by atoms with Gasteiger partial charge in [-0.2, -0.15) is 12.6 Å². The van der Waals surface area contributed by atoms with Gasteiger partial charge in [0.15, 0.2) is 0 Å². The van der Waals surface area contributed by atoms with Gasteiger partial charge in [-0.05, 0) is 31.7 Å². The molecule has 32 heavy (non-hydrogen) atoms. The molecular formula is C19H36N6O6S. The number of unbranched alkanes of at least 4 members (excludes halogenated alkanes) is 1. The van der Waals surface area contributed by atoms with E-state index < -0.39 is 60.2 Å². The molecule has 13 heteroatoms. The zero-order chi connectivity index (χ0) is 24.8. The second kappa shape index (κ2) is 15.4. The molecule has 0 bridgehead atoms. The lowest BCUT2D eigenvalue weighted by Gasteiger charge is -2.24. The minimum absolute atomic E-state index is 0.00432. The molecule has 10 N–H and O–H groups in total. The monoisotopic (exact) mass is 476 g/mol. The van der Waals surface area contributed by atoms with Crippen molar-refractivity contribution in [2.24, 2.45) is 23.1 Å². The molecule has 0 aliphatic heterocycles. The third-order valence-corrected chi connectivity index (χ3v) is 4.85. The average molecular weight is 477 g/mol. The van der Waals surface area contributed by atoms with Crippen LogP contribution >= 0.6 is 12.6 Å². The summed E-state index contributed by atoms with van der Waals surface area (Å²) in [6.07, 6.45) is 1.30. The van der Waals surface area contributed by atoms with Crippen LogP contribution in [0.15, 0.2) is 0 Å². The molecule has 0 saturated heterocycles. The molecule has 4 amide bonds. The molecule has 4 unspecified atom stereocenters. The van der Waals surface area contributed by atoms with Gasteiger partial charge in [-0.1, -0.05) is 20.3 Å². The van der Waals surface area contributed by atoms with Crippen molar-refractivity contribution < 1.29 is 29.1 Å². The van der Waals surface area contributed by atoms with Gasteiger partial charge in [0.25, 0.3) is 0 Å². The summed E-state index contributed by atoms with van der Waals surface area (Å²) in [6, 6.07) is -4.62. The number of carbonyl (C=O) groups excluding carboxylic acids is 4. The minimum Gasteiger partial charge on any atom is -0.480 e. The van der Waals surface area contributed by atoms with Gasteiger partial charge >= 0.3 is 5.97 Å². The topological polar surface area (TPSA) is 220 Å². The number of rotatable bonds is 16. The Hall–Kier alpha value is -2.38. The van der Waals surface area contributed by atoms with Crippen LogP contribution in [0.3, 0.4) is 0 Å². The lowest BCUT2D eigenvalue weighted by atomic mass is 10.0. The number of carbonyl (C=O) groups is 5. The Morgan fingerprint density at radius 3 is 1.91 bits per heavy atom. The van der Waals surface area contributed by atoms with Crippen molar-refractivity contribution in [3.05, 3.63) is 0 Å². The standard InChI is InChI=1S/C19H36N6O6S/c1-10(2)7-13(19(30)31)24-18(29)14(9-32)25-17(28)12(8-15(22)26)23-16(27)11(21)5-3-4-6-20/h10-14,32H,3-9,20-21H2,1-2H3,(H2,22,26)(H,23,27)(H,24,29)(H,25,28)(H,30,31). The number of hydrogen-bond acceptors (Lipinski definition) is 8. The van der Waals surface area contributed by atoms with Gasteiger partial charge in [0.05, 0.1) is 12.5 Å². The van der Waals surface area contributed by atoms with Crippen LogP contribution in [-0.2, 0) is 24.0 Å². The summed E-state index contributed by atoms with van der Waals surface area (Å²) < 4.78 is 0. The third kappa shape index (κ3) is 11.9. The number of nitrogens with two attached hydrogens (primary N) is 3. The van der Waals surface area contributed by atoms with Crippen LogP contribution in [-0.4, -0.2) is 71.2 Å². The van der Waals surface area contributed by atoms with Crippen molar-refractivity contribution in [3.63, 3.8) is 0 Å². The maximum atomic E-state index is 12.6. The zero-order valence-corrected chi connectivity index (χ0v) is 19.4. The predicted octanol–water partition coefficient (Wildman–Crippen LogP) is -2.17. The summed E-state index contributed by atoms with van der Waals surface area (Å²) in [7, 11) is 0. The number of carboxylic acid groups (broad SMARTS) is 1. The van der Waals surface area contributed by atoms with E-state index in [-0.39, 0.29) is 18.1 Å². The number of aliphatic carboxylic acids is 1. The molecule has 0 rings (SSSR count). The Morgan fingerprint density at radius 2 is 1.44 bits per heavy atom. The first-order valence-electron chi connectivity index (χ1n) is 10.4. The van der Waals surface area contributed by atoms with Crippen LogP contribution in [0, 0.1) is 5.92 Å². The molecule has 0 aromatic heterocycles. The molecule has 0 aliphatic carbocycles. The van der Waals surface area contributed by atoms with Gasteiger partial charge in [-0.15, -0.1) is 0 Å². The van der Waals surface area contributed by atoms with Crippen molar-refractivity contribution in [1.82, 2.24) is 16.0 Å². The van der Waals surface area contributed by atoms with E-state index >= 15 is 0 Å². The highest BCUT2D eigenvalue weighted by molar-refractivity contribution is 7.80. The highest BCUT2D eigenvalue weighted by Crippen LogP contribution is 2.06. The highest BCUT2D eigenvalue weighted by Gasteiger charge is 2.30. The predicted molar refractivity (Wildman–Crippen MR) is 121 cm³/mol. The first-order valence-corrected chi connectivity index (χ1v) is 11.0. The molecule has 0 radical (unpaired) electrons. The Bertz CT molecular complexity index is 662. The quantitative estimate of drug-likeness (QED) is 0.0902. The van der Waals surface area contributed by atoms with Crippen molar-refractivity contribution >= 4 is 42.2 Å². The van der Waals surface area contributed by atoms with Crippen LogP contribution in [0.25, 0.3) is 0 Å². The number of nitrogens with one attached hydrogen (secondary N) is 3. The number of amides is 4. The van der Waals surface area contributed by atoms with Crippen LogP contribution in [0.5, 0.6) is 0 Å². The van der Waals surface area contributed by atoms with Crippen molar-refractivity contribution in [1.29, 1.82) is 0 Å². The van der Waals surface area contributed by atoms with Crippen LogP contribution in [0.1, 0.15) is 46.0 Å². The van der Waals surface area contributed by atoms with Crippen molar-refractivity contribution in [2.75, 3.05) is 12.3 Å². The van der Waals surface area contributed by atoms with E-state index in [0.717, 1.165) is 0 Å². The SMILES string of the molecule is CC(C)CC(NC(=O)C(CS)NC(=O)C(CC(N)=O)NC(=O)C(N)CCCCN)C(=O)O. The summed E-state index contributed by atoms with van der Waals surface area (Å²) in [5, 5.41) is 16.4. The van der Waals surface area contributed by atoms with Gasteiger partial charge in [-0.3, -0.25) is 19.2 Å². The molecule has 0 saturated carbocycles. The Labute approximate surface area is 193 Å². The fourth-order valence-corrected chi connectivity index (χ4v) is 3.02. The fraction of sp³-hybridized carbons (Fsp3) is 0.737. The molecule has 0 aromatic carbocycles. The summed E-state index contributed by atoms with van der Waals surface area (Å²) in [6.45, 7) is 4.06. The van der Waals surface area contributed by atoms with Crippen molar-refractivity contribution in [2.45, 2.75) is 70.1 Å². The van der Waals surface area contributed by atoms with E-state index in [1.165, 1.54) is 0 Å². The van der Waals surface area contributed by atoms with Gasteiger partial charge in [0, 0.05) is 5.75 Å². The molecule has 0 aliphatic rings. The van der Waals surface area contributed by atoms with Gasteiger partial charge < -0.3 is 38.3 Å². The minimum atomic E-state index is -1.36. The molecule has 0 fully saturated rings. The Morgan fingerprint density at radius 1 is 0.906 bits per heavy atom. The van der Waals surface area contributed by atoms with E-state index in [1.54, 1.807) is 13.8 Å². The van der Waals surface area contributed by atoms with Gasteiger partial charge in [0.1, 0.15) is 18.1 Å². The first-order chi connectivity index (χ1) is 14.9. The van der Waals surface area contributed by atoms with Crippen LogP contribution in [0.2, 0.25) is 0 Å². The summed E-state index contributed by atoms with van der Waals surface area (Å²) in [5.74, 6) is -4.47. The molecule has 184 valence electrons. The molecule has 0 spiro atoms. The van der Waals surface area contributed by atoms with Gasteiger partial charge in [-0.25, -0.2) is 4.79 Å². The van der Waals surface area contributed by atoms with E-state index in [4.69, 9.17) is 17.2 Å². The zero-order valence-electron chi connectivity index (χ0n) is 18.5. The van der Waals surface area contributed by atoms with Crippen LogP contribution in [0.4, 0.5) is 0 Å². The largest absolute Gasteiger partial charge is 0.480 e. The second-order valence-corrected chi connectivity index (χ2v) is 8.26. The highest BCUT2D eigenvalue weighted by atomic mass is 32.1. The number of carboxylic acids is 1. The van der Waals surface area contributed by atoms with Crippen LogP contribution < -0.4 is 33.2 Å². The van der Waals surface area contributed by atoms with Gasteiger partial charge in [0.2, 0.25) is 23.6 Å². The molecule has 0 aromatic rings. The summed E-state index contributed by atoms with van der Waals surface area (Å²) in [5.41, 5.74) is 16.4. The van der Waals surface area contributed by atoms with E-state index in [1.807, 2.05) is 0 Å². The average Bonchev–Trinajstić information content (AvgIpc) is 2.69. The lowest BCUT2D eigenvalue weighted by molar-refractivity contribution is -0.142. The second-order valence-electron chi connectivity index (χ2n) is 7.90. The maximum absolute atomic E-state index is 12.6. The summed E-state index contributed by atoms with van der Waals surface area (Å²) in [4.78, 5) is 60.2. The Balaban J connectivity index is 5.18. The maximum Gasteiger partial charge on any atom is 0.326 e. The van der Waals surface area contributed by atoms with E-state index in [2.05, 4.69) is 28.6 Å². The molecule has 12 nitrogen and oxygen atoms in total. The lowest BCUT2D eigenvalue weighted by Crippen LogP contribution is -2.58.